The fourth-order valence-corrected chi connectivity index (χ4v) is 0.592. The maximum Gasteiger partial charge on any atom is 0.0203 e. The van der Waals surface area contributed by atoms with Crippen LogP contribution in [0.3, 0.4) is 0 Å². The molecule has 0 spiro atoms. The standard InChI is InChI=1S/C6H6P/c7-6-4-2-1-3-5-6/h2-5H,7H2. The zero-order valence-corrected chi connectivity index (χ0v) is 5.04. The first-order valence-electron chi connectivity index (χ1n) is 2.11. The molecule has 1 rings (SSSR count). The van der Waals surface area contributed by atoms with Gasteiger partial charge in [-0.25, -0.2) is 0 Å². The molecule has 0 nitrogen and oxygen atoms in total. The maximum atomic E-state index is 2.92. The first-order valence-corrected chi connectivity index (χ1v) is 2.69. The van der Waals surface area contributed by atoms with E-state index >= 15 is 0 Å². The number of allylic oxidation sites excluding steroid dienone is 3. The van der Waals surface area contributed by atoms with E-state index in [-0.39, 0.29) is 0 Å². The van der Waals surface area contributed by atoms with Gasteiger partial charge in [0.1, 0.15) is 0 Å². The van der Waals surface area contributed by atoms with E-state index in [1.165, 1.54) is 5.31 Å². The number of rotatable bonds is 0. The van der Waals surface area contributed by atoms with Crippen molar-refractivity contribution in [1.29, 1.82) is 0 Å². The van der Waals surface area contributed by atoms with E-state index in [9.17, 15) is 0 Å². The number of hydrogen-bond donors (Lipinski definition) is 0. The zero-order valence-electron chi connectivity index (χ0n) is 3.89. The topological polar surface area (TPSA) is 0 Å². The molecule has 1 radical (unpaired) electrons. The molecule has 0 N–H and O–H groups in total. The molecule has 1 aliphatic rings. The quantitative estimate of drug-likeness (QED) is 0.328. The Kier molecular flexibility index (Phi) is 1.46. The molecule has 0 amide bonds. The fourth-order valence-electron chi connectivity index (χ4n) is 0.400. The lowest BCUT2D eigenvalue weighted by Gasteiger charge is -1.91. The minimum absolute atomic E-state index is 1.21. The maximum absolute atomic E-state index is 2.92. The van der Waals surface area contributed by atoms with Crippen molar-refractivity contribution in [2.45, 2.75) is 0 Å². The molecule has 0 aromatic heterocycles. The summed E-state index contributed by atoms with van der Waals surface area (Å²) in [5.41, 5.74) is 2.92. The molecule has 0 bridgehead atoms. The molecule has 1 unspecified atom stereocenters. The molecular formula is C6H6P. The zero-order chi connectivity index (χ0) is 5.11. The van der Waals surface area contributed by atoms with Gasteiger partial charge in [0.2, 0.25) is 0 Å². The highest BCUT2D eigenvalue weighted by Crippen LogP contribution is 2.11. The van der Waals surface area contributed by atoms with Gasteiger partial charge in [0, 0.05) is 6.42 Å². The number of hydrogen-bond acceptors (Lipinski definition) is 0. The van der Waals surface area contributed by atoms with E-state index in [4.69, 9.17) is 0 Å². The Balaban J connectivity index is 2.77. The summed E-state index contributed by atoms with van der Waals surface area (Å²) in [6.07, 6.45) is 7.76. The van der Waals surface area contributed by atoms with Crippen molar-refractivity contribution in [2.75, 3.05) is 0 Å². The van der Waals surface area contributed by atoms with Crippen LogP contribution in [0.1, 0.15) is 0 Å². The van der Waals surface area contributed by atoms with Gasteiger partial charge in [0.05, 0.1) is 0 Å². The van der Waals surface area contributed by atoms with Gasteiger partial charge in [0.25, 0.3) is 0 Å². The van der Waals surface area contributed by atoms with Crippen LogP contribution in [0.4, 0.5) is 0 Å². The van der Waals surface area contributed by atoms with Gasteiger partial charge in [-0.3, -0.25) is 0 Å². The fraction of sp³-hybridized carbons (Fsp3) is 0. The third-order valence-corrected chi connectivity index (χ3v) is 1.13. The van der Waals surface area contributed by atoms with Crippen LogP contribution in [-0.2, 0) is 0 Å². The van der Waals surface area contributed by atoms with Gasteiger partial charge in [-0.2, -0.15) is 0 Å². The van der Waals surface area contributed by atoms with Crippen molar-refractivity contribution < 1.29 is 0 Å². The summed E-state index contributed by atoms with van der Waals surface area (Å²) < 4.78 is 0. The third kappa shape index (κ3) is 1.31. The Morgan fingerprint density at radius 2 is 2.29 bits per heavy atom. The van der Waals surface area contributed by atoms with Crippen molar-refractivity contribution in [3.8, 4) is 0 Å². The highest BCUT2D eigenvalue weighted by molar-refractivity contribution is 7.22. The van der Waals surface area contributed by atoms with E-state index in [0.717, 1.165) is 0 Å². The van der Waals surface area contributed by atoms with Crippen molar-refractivity contribution in [2.24, 2.45) is 0 Å². The van der Waals surface area contributed by atoms with Crippen LogP contribution in [0.2, 0.25) is 0 Å². The highest BCUT2D eigenvalue weighted by atomic mass is 31.0. The van der Waals surface area contributed by atoms with Gasteiger partial charge < -0.3 is 0 Å². The van der Waals surface area contributed by atoms with Crippen LogP contribution in [0.15, 0.2) is 29.3 Å². The van der Waals surface area contributed by atoms with Crippen LogP contribution in [0, 0.1) is 6.42 Å². The second-order valence-corrected chi connectivity index (χ2v) is 2.00. The van der Waals surface area contributed by atoms with Gasteiger partial charge in [-0.1, -0.05) is 6.08 Å². The van der Waals surface area contributed by atoms with E-state index in [2.05, 4.69) is 15.0 Å². The average molecular weight is 109 g/mol. The summed E-state index contributed by atoms with van der Waals surface area (Å²) in [5.74, 6) is 0. The second kappa shape index (κ2) is 2.12. The Hall–Kier alpha value is -0.310. The minimum atomic E-state index is 1.21. The summed E-state index contributed by atoms with van der Waals surface area (Å²) in [6, 6.07) is 0. The second-order valence-electron chi connectivity index (χ2n) is 1.33. The SMILES string of the molecule is PC1=CC=C=C[CH]1. The average Bonchev–Trinajstić information content (AvgIpc) is 1.69. The van der Waals surface area contributed by atoms with Crippen molar-refractivity contribution in [3.63, 3.8) is 0 Å². The van der Waals surface area contributed by atoms with Crippen LogP contribution in [-0.4, -0.2) is 0 Å². The largest absolute Gasteiger partial charge is 0.125 e. The van der Waals surface area contributed by atoms with E-state index in [1.54, 1.807) is 0 Å². The first kappa shape index (κ1) is 4.84. The minimum Gasteiger partial charge on any atom is -0.125 e. The molecule has 0 aromatic rings. The normalized spacial score (nSPS) is 17.0. The van der Waals surface area contributed by atoms with Crippen molar-refractivity contribution >= 4 is 9.24 Å². The molecule has 0 saturated heterocycles. The lowest BCUT2D eigenvalue weighted by Crippen LogP contribution is -1.69. The van der Waals surface area contributed by atoms with Crippen LogP contribution in [0.25, 0.3) is 0 Å². The highest BCUT2D eigenvalue weighted by Gasteiger charge is 1.84. The van der Waals surface area contributed by atoms with Gasteiger partial charge in [-0.05, 0) is 17.5 Å². The van der Waals surface area contributed by atoms with Crippen molar-refractivity contribution in [1.82, 2.24) is 0 Å². The molecular weight excluding hydrogens is 103 g/mol. The molecule has 1 heteroatoms. The predicted octanol–water partition coefficient (Wildman–Crippen LogP) is 1.67. The molecule has 0 aliphatic heterocycles. The Labute approximate surface area is 45.8 Å². The molecule has 1 aliphatic carbocycles. The molecule has 0 saturated carbocycles. The lowest BCUT2D eigenvalue weighted by atomic mass is 10.3. The van der Waals surface area contributed by atoms with Gasteiger partial charge >= 0.3 is 0 Å². The summed E-state index contributed by atoms with van der Waals surface area (Å²) in [6.45, 7) is 0. The lowest BCUT2D eigenvalue weighted by molar-refractivity contribution is 1.66. The molecule has 1 atom stereocenters. The molecule has 0 fully saturated rings. The van der Waals surface area contributed by atoms with Crippen molar-refractivity contribution in [3.05, 3.63) is 35.7 Å². The summed E-state index contributed by atoms with van der Waals surface area (Å²) in [7, 11) is 2.61. The smallest absolute Gasteiger partial charge is 0.0203 e. The van der Waals surface area contributed by atoms with Crippen LogP contribution < -0.4 is 0 Å². The molecule has 0 aromatic carbocycles. The van der Waals surface area contributed by atoms with E-state index < -0.39 is 0 Å². The van der Waals surface area contributed by atoms with Crippen LogP contribution >= 0.6 is 9.24 Å². The third-order valence-electron chi connectivity index (χ3n) is 0.744. The first-order chi connectivity index (χ1) is 3.39. The van der Waals surface area contributed by atoms with Gasteiger partial charge in [0.15, 0.2) is 0 Å². The Bertz CT molecular complexity index is 148. The Morgan fingerprint density at radius 1 is 1.43 bits per heavy atom. The summed E-state index contributed by atoms with van der Waals surface area (Å²) in [5, 5.41) is 1.21. The monoisotopic (exact) mass is 109 g/mol. The molecule has 0 heterocycles. The van der Waals surface area contributed by atoms with Crippen LogP contribution in [0.5, 0.6) is 0 Å². The predicted molar refractivity (Wildman–Crippen MR) is 34.7 cm³/mol. The Morgan fingerprint density at radius 3 is 2.57 bits per heavy atom. The van der Waals surface area contributed by atoms with E-state index in [1.807, 2.05) is 24.6 Å². The van der Waals surface area contributed by atoms with Gasteiger partial charge in [-0.15, -0.1) is 15.0 Å². The molecule has 7 heavy (non-hydrogen) atoms. The summed E-state index contributed by atoms with van der Waals surface area (Å²) >= 11 is 0. The van der Waals surface area contributed by atoms with E-state index in [0.29, 0.717) is 0 Å². The molecule has 35 valence electrons. The summed E-state index contributed by atoms with van der Waals surface area (Å²) in [4.78, 5) is 0.